The molecule has 2 aromatic heterocycles. The first-order valence-electron chi connectivity index (χ1n) is 11.6. The zero-order valence-electron chi connectivity index (χ0n) is 20.1. The third-order valence-electron chi connectivity index (χ3n) is 7.29. The smallest absolute Gasteiger partial charge is 0.454 e. The van der Waals surface area contributed by atoms with Crippen LogP contribution in [0.2, 0.25) is 0 Å². The molecule has 170 valence electrons. The number of hydrogen-bond acceptors (Lipinski definition) is 4. The van der Waals surface area contributed by atoms with Gasteiger partial charge in [0, 0.05) is 28.9 Å². The topological polar surface area (TPSA) is 48.9 Å². The average molecular weight is 450 g/mol. The Hall–Kier alpha value is -3.35. The van der Waals surface area contributed by atoms with E-state index in [1.54, 1.807) is 0 Å². The Balaban J connectivity index is 1.71. The fourth-order valence-electron chi connectivity index (χ4n) is 4.78. The zero-order chi connectivity index (χ0) is 23.7. The summed E-state index contributed by atoms with van der Waals surface area (Å²) < 4.78 is 21.4. The summed E-state index contributed by atoms with van der Waals surface area (Å²) in [6, 6.07) is 24.8. The number of hydrogen-bond donors (Lipinski definition) is 0. The molecule has 0 unspecified atom stereocenters. The van der Waals surface area contributed by atoms with Crippen LogP contribution in [0, 0.1) is 0 Å². The Morgan fingerprint density at radius 2 is 1.41 bits per heavy atom. The minimum atomic E-state index is -0.444. The molecule has 0 N–H and O–H groups in total. The first-order chi connectivity index (χ1) is 16.3. The molecule has 0 amide bonds. The Labute approximate surface area is 198 Å². The molecule has 34 heavy (non-hydrogen) atoms. The molecular formula is C28H27BN2O3. The summed E-state index contributed by atoms with van der Waals surface area (Å²) in [5, 5.41) is 3.09. The number of rotatable bonds is 2. The molecule has 6 heteroatoms. The van der Waals surface area contributed by atoms with Gasteiger partial charge < -0.3 is 13.7 Å². The summed E-state index contributed by atoms with van der Waals surface area (Å²) in [6.45, 7) is 8.29. The van der Waals surface area contributed by atoms with E-state index in [-0.39, 0.29) is 0 Å². The van der Waals surface area contributed by atoms with Crippen molar-refractivity contribution in [3.63, 3.8) is 0 Å². The monoisotopic (exact) mass is 450 g/mol. The zero-order valence-corrected chi connectivity index (χ0v) is 20.1. The maximum atomic E-state index is 6.48. The summed E-state index contributed by atoms with van der Waals surface area (Å²) >= 11 is 0. The van der Waals surface area contributed by atoms with Crippen LogP contribution in [0.25, 0.3) is 38.5 Å². The summed E-state index contributed by atoms with van der Waals surface area (Å²) in [5.41, 5.74) is 4.72. The van der Waals surface area contributed by atoms with Crippen molar-refractivity contribution in [2.45, 2.75) is 38.9 Å². The van der Waals surface area contributed by atoms with Crippen LogP contribution in [0.3, 0.4) is 0 Å². The first-order valence-corrected chi connectivity index (χ1v) is 11.6. The van der Waals surface area contributed by atoms with E-state index in [2.05, 4.69) is 62.6 Å². The summed E-state index contributed by atoms with van der Waals surface area (Å²) in [4.78, 5) is 4.72. The van der Waals surface area contributed by atoms with E-state index < -0.39 is 18.3 Å². The Bertz CT molecular complexity index is 1610. The van der Waals surface area contributed by atoms with Gasteiger partial charge in [0.25, 0.3) is 0 Å². The molecule has 0 saturated carbocycles. The van der Waals surface area contributed by atoms with E-state index in [0.717, 1.165) is 49.5 Å². The summed E-state index contributed by atoms with van der Waals surface area (Å²) in [7, 11) is 1.39. The maximum absolute atomic E-state index is 6.48. The standard InChI is InChI=1S/C28H27BN2O3/c1-27(2)28(3,4)34-29(33-27)18-15-16-23-22(17-18)24-25(32-23)20-13-9-10-14-21(20)26(30-5)31(24)19-11-7-6-8-12-19/h6-17H,1-5H3. The molecule has 0 aliphatic carbocycles. The van der Waals surface area contributed by atoms with E-state index in [9.17, 15) is 0 Å². The number of nitrogens with zero attached hydrogens (tertiary/aromatic N) is 2. The molecule has 1 saturated heterocycles. The van der Waals surface area contributed by atoms with Crippen molar-refractivity contribution < 1.29 is 13.7 Å². The first kappa shape index (κ1) is 21.2. The van der Waals surface area contributed by atoms with Gasteiger partial charge in [-0.3, -0.25) is 9.56 Å². The van der Waals surface area contributed by atoms with Crippen molar-refractivity contribution >= 4 is 45.4 Å². The molecule has 0 spiro atoms. The third kappa shape index (κ3) is 2.99. The molecule has 0 bridgehead atoms. The molecule has 5 aromatic rings. The second-order valence-electron chi connectivity index (χ2n) is 9.89. The van der Waals surface area contributed by atoms with Crippen molar-refractivity contribution in [1.82, 2.24) is 4.57 Å². The second kappa shape index (κ2) is 7.33. The fourth-order valence-corrected chi connectivity index (χ4v) is 4.78. The summed E-state index contributed by atoms with van der Waals surface area (Å²) in [6.07, 6.45) is 0. The summed E-state index contributed by atoms with van der Waals surface area (Å²) in [5.74, 6) is 0. The van der Waals surface area contributed by atoms with Crippen LogP contribution < -0.4 is 11.0 Å². The normalized spacial score (nSPS) is 17.9. The van der Waals surface area contributed by atoms with Crippen molar-refractivity contribution in [1.29, 1.82) is 0 Å². The van der Waals surface area contributed by atoms with Gasteiger partial charge in [-0.2, -0.15) is 0 Å². The SMILES string of the molecule is CN=c1c2ccccc2c2oc3ccc(B4OC(C)(C)C(C)(C)O4)cc3c2n1-c1ccccc1. The Kier molecular flexibility index (Phi) is 4.57. The van der Waals surface area contributed by atoms with Crippen molar-refractivity contribution in [2.75, 3.05) is 7.05 Å². The number of aromatic nitrogens is 1. The molecule has 0 atom stereocenters. The van der Waals surface area contributed by atoms with E-state index in [4.69, 9.17) is 18.7 Å². The number of fused-ring (bicyclic) bond motifs is 5. The van der Waals surface area contributed by atoms with Crippen LogP contribution >= 0.6 is 0 Å². The van der Waals surface area contributed by atoms with Crippen LogP contribution in [-0.2, 0) is 9.31 Å². The van der Waals surface area contributed by atoms with Crippen molar-refractivity contribution in [3.8, 4) is 5.69 Å². The molecule has 1 fully saturated rings. The third-order valence-corrected chi connectivity index (χ3v) is 7.29. The fraction of sp³-hybridized carbons (Fsp3) is 0.250. The highest BCUT2D eigenvalue weighted by molar-refractivity contribution is 6.62. The molecule has 3 heterocycles. The lowest BCUT2D eigenvalue weighted by Gasteiger charge is -2.32. The van der Waals surface area contributed by atoms with Crippen LogP contribution in [0.15, 0.2) is 82.2 Å². The van der Waals surface area contributed by atoms with Crippen LogP contribution in [-0.4, -0.2) is 29.9 Å². The maximum Gasteiger partial charge on any atom is 0.494 e. The predicted octanol–water partition coefficient (Wildman–Crippen LogP) is 5.36. The van der Waals surface area contributed by atoms with E-state index in [0.29, 0.717) is 0 Å². The molecular weight excluding hydrogens is 423 g/mol. The lowest BCUT2D eigenvalue weighted by Crippen LogP contribution is -2.41. The largest absolute Gasteiger partial charge is 0.494 e. The second-order valence-corrected chi connectivity index (χ2v) is 9.89. The van der Waals surface area contributed by atoms with Crippen LogP contribution in [0.1, 0.15) is 27.7 Å². The highest BCUT2D eigenvalue weighted by atomic mass is 16.7. The average Bonchev–Trinajstić information content (AvgIpc) is 3.31. The van der Waals surface area contributed by atoms with Crippen LogP contribution in [0.4, 0.5) is 0 Å². The van der Waals surface area contributed by atoms with Gasteiger partial charge in [-0.05, 0) is 57.4 Å². The van der Waals surface area contributed by atoms with Crippen molar-refractivity contribution in [2.24, 2.45) is 4.99 Å². The number of benzene rings is 3. The van der Waals surface area contributed by atoms with E-state index in [1.807, 2.05) is 49.5 Å². The van der Waals surface area contributed by atoms with Gasteiger partial charge >= 0.3 is 7.12 Å². The quantitative estimate of drug-likeness (QED) is 0.340. The molecule has 5 nitrogen and oxygen atoms in total. The van der Waals surface area contributed by atoms with Gasteiger partial charge in [0.05, 0.1) is 11.2 Å². The molecule has 3 aromatic carbocycles. The predicted molar refractivity (Wildman–Crippen MR) is 138 cm³/mol. The Morgan fingerprint density at radius 3 is 2.09 bits per heavy atom. The van der Waals surface area contributed by atoms with Gasteiger partial charge in [-0.25, -0.2) is 0 Å². The molecule has 0 radical (unpaired) electrons. The molecule has 1 aliphatic heterocycles. The minimum absolute atomic E-state index is 0.403. The lowest BCUT2D eigenvalue weighted by molar-refractivity contribution is 0.00578. The minimum Gasteiger partial charge on any atom is -0.454 e. The van der Waals surface area contributed by atoms with Gasteiger partial charge in [-0.15, -0.1) is 0 Å². The van der Waals surface area contributed by atoms with Crippen LogP contribution in [0.5, 0.6) is 0 Å². The highest BCUT2D eigenvalue weighted by Crippen LogP contribution is 2.38. The molecule has 1 aliphatic rings. The number of para-hydroxylation sites is 1. The highest BCUT2D eigenvalue weighted by Gasteiger charge is 2.51. The van der Waals surface area contributed by atoms with E-state index >= 15 is 0 Å². The lowest BCUT2D eigenvalue weighted by atomic mass is 9.78. The van der Waals surface area contributed by atoms with Gasteiger partial charge in [-0.1, -0.05) is 48.5 Å². The number of pyridine rings is 1. The molecule has 6 rings (SSSR count). The van der Waals surface area contributed by atoms with Crippen molar-refractivity contribution in [3.05, 3.63) is 78.3 Å². The van der Waals surface area contributed by atoms with Gasteiger partial charge in [0.2, 0.25) is 0 Å². The van der Waals surface area contributed by atoms with E-state index in [1.165, 1.54) is 0 Å². The number of furan rings is 1. The Morgan fingerprint density at radius 1 is 0.765 bits per heavy atom. The van der Waals surface area contributed by atoms with Gasteiger partial charge in [0.1, 0.15) is 16.6 Å². The van der Waals surface area contributed by atoms with Gasteiger partial charge in [0.15, 0.2) is 5.58 Å².